The van der Waals surface area contributed by atoms with Crippen LogP contribution < -0.4 is 9.64 Å². The van der Waals surface area contributed by atoms with Crippen molar-refractivity contribution in [1.29, 1.82) is 0 Å². The maximum absolute atomic E-state index is 13.1. The molecular weight excluding hydrogens is 392 g/mol. The molecule has 0 aliphatic carbocycles. The average molecular weight is 414 g/mol. The molecule has 2 aromatic carbocycles. The van der Waals surface area contributed by atoms with E-state index in [1.807, 2.05) is 26.0 Å². The first kappa shape index (κ1) is 20.3. The Hall–Kier alpha value is -3.93. The van der Waals surface area contributed by atoms with Crippen molar-refractivity contribution in [3.05, 3.63) is 94.8 Å². The van der Waals surface area contributed by atoms with Gasteiger partial charge in [0.2, 0.25) is 0 Å². The zero-order chi connectivity index (χ0) is 22.1. The molecule has 0 saturated carbocycles. The third kappa shape index (κ3) is 3.57. The lowest BCUT2D eigenvalue weighted by Gasteiger charge is -2.25. The first-order valence-corrected chi connectivity index (χ1v) is 9.85. The number of nitrogens with zero attached hydrogens (tertiary/aromatic N) is 2. The molecular formula is C25H22N2O4. The highest BCUT2D eigenvalue weighted by atomic mass is 16.5. The molecule has 1 fully saturated rings. The standard InChI is InChI=1S/C25H22N2O4/c1-15-4-7-19(8-5-15)27-22(17-10-12-26-13-11-17)21(24(29)25(27)30)23(28)18-6-9-20(31-3)16(2)14-18/h4-14,22,28H,1-3H3/b23-21-. The van der Waals surface area contributed by atoms with Crippen LogP contribution in [0.2, 0.25) is 0 Å². The molecule has 156 valence electrons. The van der Waals surface area contributed by atoms with Crippen molar-refractivity contribution in [3.8, 4) is 5.75 Å². The Morgan fingerprint density at radius 2 is 1.68 bits per heavy atom. The maximum atomic E-state index is 13.1. The molecule has 0 radical (unpaired) electrons. The molecule has 1 atom stereocenters. The van der Waals surface area contributed by atoms with Gasteiger partial charge < -0.3 is 9.84 Å². The van der Waals surface area contributed by atoms with E-state index in [2.05, 4.69) is 4.98 Å². The summed E-state index contributed by atoms with van der Waals surface area (Å²) in [7, 11) is 1.57. The number of hydrogen-bond acceptors (Lipinski definition) is 5. The van der Waals surface area contributed by atoms with E-state index in [0.29, 0.717) is 22.6 Å². The summed E-state index contributed by atoms with van der Waals surface area (Å²) in [6.07, 6.45) is 3.20. The number of aliphatic hydroxyl groups is 1. The van der Waals surface area contributed by atoms with Gasteiger partial charge in [-0.3, -0.25) is 19.5 Å². The normalized spacial score (nSPS) is 17.8. The van der Waals surface area contributed by atoms with E-state index in [0.717, 1.165) is 11.1 Å². The number of pyridine rings is 1. The summed E-state index contributed by atoms with van der Waals surface area (Å²) >= 11 is 0. The molecule has 1 N–H and O–H groups in total. The van der Waals surface area contributed by atoms with E-state index >= 15 is 0 Å². The summed E-state index contributed by atoms with van der Waals surface area (Å²) in [6.45, 7) is 3.80. The number of methoxy groups -OCH3 is 1. The van der Waals surface area contributed by atoms with E-state index in [9.17, 15) is 14.7 Å². The average Bonchev–Trinajstić information content (AvgIpc) is 3.05. The molecule has 3 aromatic rings. The van der Waals surface area contributed by atoms with Crippen molar-refractivity contribution in [2.24, 2.45) is 0 Å². The number of benzene rings is 2. The zero-order valence-corrected chi connectivity index (χ0v) is 17.5. The Bertz CT molecular complexity index is 1180. The minimum absolute atomic E-state index is 0.0429. The van der Waals surface area contributed by atoms with E-state index in [1.165, 1.54) is 4.90 Å². The lowest BCUT2D eigenvalue weighted by molar-refractivity contribution is -0.132. The van der Waals surface area contributed by atoms with Crippen molar-refractivity contribution in [2.45, 2.75) is 19.9 Å². The molecule has 1 aliphatic rings. The molecule has 1 unspecified atom stereocenters. The quantitative estimate of drug-likeness (QED) is 0.390. The molecule has 6 heteroatoms. The fourth-order valence-electron chi connectivity index (χ4n) is 3.85. The predicted molar refractivity (Wildman–Crippen MR) is 118 cm³/mol. The van der Waals surface area contributed by atoms with Crippen LogP contribution >= 0.6 is 0 Å². The fourth-order valence-corrected chi connectivity index (χ4v) is 3.85. The Morgan fingerprint density at radius 3 is 2.29 bits per heavy atom. The van der Waals surface area contributed by atoms with Gasteiger partial charge in [0.1, 0.15) is 11.5 Å². The second kappa shape index (κ2) is 8.07. The summed E-state index contributed by atoms with van der Waals surface area (Å²) in [5.74, 6) is -0.964. The largest absolute Gasteiger partial charge is 0.507 e. The second-order valence-electron chi connectivity index (χ2n) is 7.47. The highest BCUT2D eigenvalue weighted by Crippen LogP contribution is 2.42. The van der Waals surface area contributed by atoms with E-state index < -0.39 is 17.7 Å². The summed E-state index contributed by atoms with van der Waals surface area (Å²) in [5.41, 5.74) is 3.59. The SMILES string of the molecule is COc1ccc(/C(O)=C2/C(=O)C(=O)N(c3ccc(C)cc3)C2c2ccncc2)cc1C. The Labute approximate surface area is 180 Å². The number of ether oxygens (including phenoxy) is 1. The van der Waals surface area contributed by atoms with Gasteiger partial charge in [-0.25, -0.2) is 0 Å². The van der Waals surface area contributed by atoms with E-state index in [1.54, 1.807) is 62.0 Å². The maximum Gasteiger partial charge on any atom is 0.300 e. The molecule has 2 heterocycles. The molecule has 1 aromatic heterocycles. The van der Waals surface area contributed by atoms with Crippen molar-refractivity contribution in [1.82, 2.24) is 4.98 Å². The van der Waals surface area contributed by atoms with Gasteiger partial charge in [0.15, 0.2) is 0 Å². The topological polar surface area (TPSA) is 79.7 Å². The van der Waals surface area contributed by atoms with Crippen LogP contribution in [-0.4, -0.2) is 28.9 Å². The van der Waals surface area contributed by atoms with Gasteiger partial charge in [-0.05, 0) is 67.4 Å². The van der Waals surface area contributed by atoms with Crippen LogP contribution in [0.3, 0.4) is 0 Å². The number of anilines is 1. The van der Waals surface area contributed by atoms with E-state index in [4.69, 9.17) is 4.74 Å². The molecule has 1 saturated heterocycles. The van der Waals surface area contributed by atoms with Gasteiger partial charge in [0, 0.05) is 23.6 Å². The van der Waals surface area contributed by atoms with Gasteiger partial charge in [0.05, 0.1) is 18.7 Å². The van der Waals surface area contributed by atoms with Crippen LogP contribution in [0.15, 0.2) is 72.6 Å². The van der Waals surface area contributed by atoms with Gasteiger partial charge in [-0.2, -0.15) is 0 Å². The lowest BCUT2D eigenvalue weighted by Crippen LogP contribution is -2.29. The van der Waals surface area contributed by atoms with Crippen LogP contribution in [0.4, 0.5) is 5.69 Å². The molecule has 6 nitrogen and oxygen atoms in total. The molecule has 4 rings (SSSR count). The number of aliphatic hydroxyl groups excluding tert-OH is 1. The summed E-state index contributed by atoms with van der Waals surface area (Å²) in [5, 5.41) is 11.2. The summed E-state index contributed by atoms with van der Waals surface area (Å²) < 4.78 is 5.28. The van der Waals surface area contributed by atoms with Crippen LogP contribution in [0.1, 0.15) is 28.3 Å². The van der Waals surface area contributed by atoms with Crippen molar-refractivity contribution < 1.29 is 19.4 Å². The van der Waals surface area contributed by atoms with E-state index in [-0.39, 0.29) is 11.3 Å². The number of aryl methyl sites for hydroxylation is 2. The number of Topliss-reactive ketones (excluding diaryl/α,β-unsaturated/α-hetero) is 1. The van der Waals surface area contributed by atoms with Crippen LogP contribution in [-0.2, 0) is 9.59 Å². The summed E-state index contributed by atoms with van der Waals surface area (Å²) in [4.78, 5) is 31.7. The Morgan fingerprint density at radius 1 is 1.00 bits per heavy atom. The van der Waals surface area contributed by atoms with Gasteiger partial charge in [0.25, 0.3) is 11.7 Å². The van der Waals surface area contributed by atoms with Gasteiger partial charge in [-0.15, -0.1) is 0 Å². The van der Waals surface area contributed by atoms with Gasteiger partial charge >= 0.3 is 0 Å². The zero-order valence-electron chi connectivity index (χ0n) is 17.5. The highest BCUT2D eigenvalue weighted by molar-refractivity contribution is 6.51. The number of rotatable bonds is 4. The lowest BCUT2D eigenvalue weighted by atomic mass is 9.95. The minimum atomic E-state index is -0.770. The monoisotopic (exact) mass is 414 g/mol. The number of aromatic nitrogens is 1. The number of carbonyl (C=O) groups is 2. The number of hydrogen-bond donors (Lipinski definition) is 1. The summed E-state index contributed by atoms with van der Waals surface area (Å²) in [6, 6.07) is 15.2. The molecule has 1 amide bonds. The third-order valence-corrected chi connectivity index (χ3v) is 5.45. The Kier molecular flexibility index (Phi) is 5.29. The molecule has 0 spiro atoms. The first-order chi connectivity index (χ1) is 14.9. The first-order valence-electron chi connectivity index (χ1n) is 9.85. The Balaban J connectivity index is 1.92. The van der Waals surface area contributed by atoms with Gasteiger partial charge in [-0.1, -0.05) is 17.7 Å². The van der Waals surface area contributed by atoms with Crippen molar-refractivity contribution >= 4 is 23.1 Å². The molecule has 1 aliphatic heterocycles. The van der Waals surface area contributed by atoms with Crippen molar-refractivity contribution in [2.75, 3.05) is 12.0 Å². The highest BCUT2D eigenvalue weighted by Gasteiger charge is 2.46. The predicted octanol–water partition coefficient (Wildman–Crippen LogP) is 4.33. The number of amides is 1. The molecule has 0 bridgehead atoms. The van der Waals surface area contributed by atoms with Crippen LogP contribution in [0, 0.1) is 13.8 Å². The number of carbonyl (C=O) groups excluding carboxylic acids is 2. The number of ketones is 1. The van der Waals surface area contributed by atoms with Crippen LogP contribution in [0.5, 0.6) is 5.75 Å². The van der Waals surface area contributed by atoms with Crippen molar-refractivity contribution in [3.63, 3.8) is 0 Å². The smallest absolute Gasteiger partial charge is 0.300 e. The second-order valence-corrected chi connectivity index (χ2v) is 7.47. The molecule has 31 heavy (non-hydrogen) atoms. The fraction of sp³-hybridized carbons (Fsp3) is 0.160. The van der Waals surface area contributed by atoms with Crippen LogP contribution in [0.25, 0.3) is 5.76 Å². The minimum Gasteiger partial charge on any atom is -0.507 e. The third-order valence-electron chi connectivity index (χ3n) is 5.45.